The second-order valence-electron chi connectivity index (χ2n) is 4.55. The van der Waals surface area contributed by atoms with Gasteiger partial charge < -0.3 is 4.74 Å². The molecule has 0 spiro atoms. The number of rotatable bonds is 4. The molecule has 0 amide bonds. The van der Waals surface area contributed by atoms with E-state index in [0.29, 0.717) is 5.39 Å². The molecule has 0 aliphatic rings. The van der Waals surface area contributed by atoms with Gasteiger partial charge in [0.15, 0.2) is 0 Å². The summed E-state index contributed by atoms with van der Waals surface area (Å²) >= 11 is 1.08. The van der Waals surface area contributed by atoms with E-state index in [2.05, 4.69) is 14.7 Å². The molecule has 2 aromatic rings. The fraction of sp³-hybridized carbons (Fsp3) is 0.357. The zero-order valence-corrected chi connectivity index (χ0v) is 12.7. The summed E-state index contributed by atoms with van der Waals surface area (Å²) in [5.41, 5.74) is 1.12. The summed E-state index contributed by atoms with van der Waals surface area (Å²) in [5.74, 6) is -1.31. The van der Waals surface area contributed by atoms with E-state index in [1.807, 2.05) is 6.92 Å². The molecule has 118 valence electrons. The first-order valence-electron chi connectivity index (χ1n) is 6.36. The van der Waals surface area contributed by atoms with Crippen LogP contribution in [0, 0.1) is 6.92 Å². The molecular weight excluding hydrogens is 317 g/mol. The second-order valence-corrected chi connectivity index (χ2v) is 5.63. The zero-order chi connectivity index (χ0) is 16.3. The van der Waals surface area contributed by atoms with Crippen LogP contribution in [0.15, 0.2) is 23.2 Å². The van der Waals surface area contributed by atoms with E-state index in [1.54, 1.807) is 12.1 Å². The maximum Gasteiger partial charge on any atom is 0.451 e. The van der Waals surface area contributed by atoms with E-state index in [0.717, 1.165) is 17.3 Å². The van der Waals surface area contributed by atoms with Crippen LogP contribution in [0.2, 0.25) is 0 Å². The Bertz CT molecular complexity index is 704. The first-order chi connectivity index (χ1) is 10.3. The summed E-state index contributed by atoms with van der Waals surface area (Å²) in [4.78, 5) is 18.3. The maximum atomic E-state index is 12.9. The van der Waals surface area contributed by atoms with Gasteiger partial charge in [-0.05, 0) is 19.1 Å². The number of hydrogen-bond acceptors (Lipinski definition) is 5. The normalized spacial score (nSPS) is 11.7. The Morgan fingerprint density at radius 1 is 1.32 bits per heavy atom. The Morgan fingerprint density at radius 2 is 2.05 bits per heavy atom. The Morgan fingerprint density at radius 3 is 2.68 bits per heavy atom. The van der Waals surface area contributed by atoms with Gasteiger partial charge in [0.25, 0.3) is 0 Å². The number of halogens is 3. The van der Waals surface area contributed by atoms with Gasteiger partial charge in [-0.2, -0.15) is 13.2 Å². The topological polar surface area (TPSA) is 52.1 Å². The number of carbonyl (C=O) groups is 1. The molecule has 0 aliphatic carbocycles. The third-order valence-corrected chi connectivity index (χ3v) is 3.84. The van der Waals surface area contributed by atoms with Gasteiger partial charge in [0.05, 0.1) is 19.0 Å². The lowest BCUT2D eigenvalue weighted by Crippen LogP contribution is -2.12. The molecule has 1 heterocycles. The molecule has 0 bridgehead atoms. The monoisotopic (exact) mass is 330 g/mol. The first kappa shape index (κ1) is 16.5. The zero-order valence-electron chi connectivity index (χ0n) is 11.9. The minimum Gasteiger partial charge on any atom is -0.469 e. The lowest BCUT2D eigenvalue weighted by molar-refractivity contribution is -0.145. The molecule has 22 heavy (non-hydrogen) atoms. The largest absolute Gasteiger partial charge is 0.469 e. The molecule has 0 fully saturated rings. The molecule has 0 atom stereocenters. The van der Waals surface area contributed by atoms with Gasteiger partial charge in [-0.25, -0.2) is 9.97 Å². The van der Waals surface area contributed by atoms with Crippen LogP contribution in [0.3, 0.4) is 0 Å². The van der Waals surface area contributed by atoms with Crippen molar-refractivity contribution in [3.05, 3.63) is 29.6 Å². The first-order valence-corrected chi connectivity index (χ1v) is 7.35. The third kappa shape index (κ3) is 3.88. The summed E-state index contributed by atoms with van der Waals surface area (Å²) in [5, 5.41) is 0.757. The van der Waals surface area contributed by atoms with Crippen LogP contribution in [0.5, 0.6) is 0 Å². The Balaban J connectivity index is 2.40. The number of alkyl halides is 3. The van der Waals surface area contributed by atoms with E-state index in [9.17, 15) is 18.0 Å². The van der Waals surface area contributed by atoms with Crippen molar-refractivity contribution in [1.82, 2.24) is 9.97 Å². The van der Waals surface area contributed by atoms with E-state index < -0.39 is 18.0 Å². The van der Waals surface area contributed by atoms with Crippen LogP contribution in [0.25, 0.3) is 10.9 Å². The molecular formula is C14H13F3N2O2S. The molecule has 2 rings (SSSR count). The highest BCUT2D eigenvalue weighted by Crippen LogP contribution is 2.32. The van der Waals surface area contributed by atoms with Crippen LogP contribution in [-0.2, 0) is 15.7 Å². The lowest BCUT2D eigenvalue weighted by Gasteiger charge is -2.10. The molecule has 0 saturated carbocycles. The van der Waals surface area contributed by atoms with E-state index in [1.165, 1.54) is 13.2 Å². The molecule has 0 unspecified atom stereocenters. The predicted octanol–water partition coefficient (Wildman–Crippen LogP) is 3.61. The average Bonchev–Trinajstić information content (AvgIpc) is 2.46. The molecule has 0 N–H and O–H groups in total. The fourth-order valence-corrected chi connectivity index (χ4v) is 2.72. The van der Waals surface area contributed by atoms with Crippen molar-refractivity contribution in [2.45, 2.75) is 24.5 Å². The summed E-state index contributed by atoms with van der Waals surface area (Å²) in [7, 11) is 1.26. The van der Waals surface area contributed by atoms with Crippen LogP contribution < -0.4 is 0 Å². The quantitative estimate of drug-likeness (QED) is 0.487. The van der Waals surface area contributed by atoms with E-state index in [4.69, 9.17) is 0 Å². The van der Waals surface area contributed by atoms with E-state index in [-0.39, 0.29) is 22.7 Å². The Labute approximate surface area is 129 Å². The number of fused-ring (bicyclic) bond motifs is 1. The predicted molar refractivity (Wildman–Crippen MR) is 76.6 cm³/mol. The highest BCUT2D eigenvalue weighted by Gasteiger charge is 2.35. The van der Waals surface area contributed by atoms with Gasteiger partial charge >= 0.3 is 12.1 Å². The number of esters is 1. The summed E-state index contributed by atoms with van der Waals surface area (Å²) in [6.07, 6.45) is -4.52. The highest BCUT2D eigenvalue weighted by atomic mass is 32.2. The van der Waals surface area contributed by atoms with Crippen molar-refractivity contribution in [2.24, 2.45) is 0 Å². The summed E-state index contributed by atoms with van der Waals surface area (Å²) < 4.78 is 43.1. The van der Waals surface area contributed by atoms with Crippen LogP contribution >= 0.6 is 11.8 Å². The number of benzene rings is 1. The average molecular weight is 330 g/mol. The van der Waals surface area contributed by atoms with Crippen molar-refractivity contribution in [3.8, 4) is 0 Å². The molecule has 1 aromatic carbocycles. The van der Waals surface area contributed by atoms with Crippen molar-refractivity contribution >= 4 is 28.6 Å². The standard InChI is InChI=1S/C14H13F3N2O2S/c1-8-3-4-10-9(7-8)12(22-6-5-11(20)21-2)19-13(18-10)14(15,16)17/h3-4,7H,5-6H2,1-2H3. The maximum absolute atomic E-state index is 12.9. The number of carbonyl (C=O) groups excluding carboxylic acids is 1. The number of aromatic nitrogens is 2. The highest BCUT2D eigenvalue weighted by molar-refractivity contribution is 7.99. The Hall–Kier alpha value is -1.83. The number of thioether (sulfide) groups is 1. The van der Waals surface area contributed by atoms with Crippen LogP contribution in [0.1, 0.15) is 17.8 Å². The number of ether oxygens (including phenoxy) is 1. The van der Waals surface area contributed by atoms with Gasteiger partial charge in [0, 0.05) is 11.1 Å². The number of nitrogens with zero attached hydrogens (tertiary/aromatic N) is 2. The number of methoxy groups -OCH3 is 1. The summed E-state index contributed by atoms with van der Waals surface area (Å²) in [6.45, 7) is 1.83. The van der Waals surface area contributed by atoms with Crippen LogP contribution in [0.4, 0.5) is 13.2 Å². The van der Waals surface area contributed by atoms with Crippen molar-refractivity contribution < 1.29 is 22.7 Å². The lowest BCUT2D eigenvalue weighted by atomic mass is 10.2. The molecule has 1 aromatic heterocycles. The minimum absolute atomic E-state index is 0.0971. The van der Waals surface area contributed by atoms with Gasteiger partial charge in [-0.15, -0.1) is 11.8 Å². The van der Waals surface area contributed by atoms with Gasteiger partial charge in [0.1, 0.15) is 5.03 Å². The minimum atomic E-state index is -4.61. The van der Waals surface area contributed by atoms with Crippen molar-refractivity contribution in [3.63, 3.8) is 0 Å². The molecule has 0 saturated heterocycles. The van der Waals surface area contributed by atoms with Crippen LogP contribution in [-0.4, -0.2) is 28.8 Å². The van der Waals surface area contributed by atoms with Crippen molar-refractivity contribution in [2.75, 3.05) is 12.9 Å². The van der Waals surface area contributed by atoms with Gasteiger partial charge in [0.2, 0.25) is 5.82 Å². The molecule has 0 radical (unpaired) electrons. The summed E-state index contributed by atoms with van der Waals surface area (Å²) in [6, 6.07) is 4.96. The molecule has 4 nitrogen and oxygen atoms in total. The SMILES string of the molecule is COC(=O)CCSc1nc(C(F)(F)F)nc2ccc(C)cc12. The fourth-order valence-electron chi connectivity index (χ4n) is 1.78. The number of hydrogen-bond donors (Lipinski definition) is 0. The smallest absolute Gasteiger partial charge is 0.451 e. The third-order valence-electron chi connectivity index (χ3n) is 2.84. The Kier molecular flexibility index (Phi) is 4.90. The number of aryl methyl sites for hydroxylation is 1. The van der Waals surface area contributed by atoms with Crippen molar-refractivity contribution in [1.29, 1.82) is 0 Å². The second kappa shape index (κ2) is 6.51. The molecule has 8 heteroatoms. The van der Waals surface area contributed by atoms with Gasteiger partial charge in [-0.3, -0.25) is 4.79 Å². The van der Waals surface area contributed by atoms with Gasteiger partial charge in [-0.1, -0.05) is 11.6 Å². The van der Waals surface area contributed by atoms with E-state index >= 15 is 0 Å². The molecule has 0 aliphatic heterocycles.